The van der Waals surface area contributed by atoms with Crippen LogP contribution in [0.2, 0.25) is 0 Å². The van der Waals surface area contributed by atoms with E-state index < -0.39 is 6.04 Å². The standard InChI is InChI=1S/C11H23N3O2/c1-6-8(2)10(11(16)13-4)14(5)9(15)7-12-3/h8,10,12H,6-7H2,1-5H3,(H,13,16)/t8-,10?/m0/s1. The van der Waals surface area contributed by atoms with Crippen molar-refractivity contribution in [2.24, 2.45) is 5.92 Å². The second-order valence-electron chi connectivity index (χ2n) is 3.98. The van der Waals surface area contributed by atoms with E-state index in [4.69, 9.17) is 0 Å². The number of hydrogen-bond donors (Lipinski definition) is 2. The second-order valence-corrected chi connectivity index (χ2v) is 3.98. The molecule has 0 aromatic rings. The van der Waals surface area contributed by atoms with Crippen molar-refractivity contribution < 1.29 is 9.59 Å². The molecule has 0 spiro atoms. The molecule has 0 rings (SSSR count). The highest BCUT2D eigenvalue weighted by molar-refractivity contribution is 5.88. The van der Waals surface area contributed by atoms with Gasteiger partial charge >= 0.3 is 0 Å². The molecule has 5 heteroatoms. The van der Waals surface area contributed by atoms with Gasteiger partial charge in [-0.3, -0.25) is 9.59 Å². The summed E-state index contributed by atoms with van der Waals surface area (Å²) in [5.74, 6) is -0.0385. The van der Waals surface area contributed by atoms with E-state index in [0.29, 0.717) is 0 Å². The van der Waals surface area contributed by atoms with Gasteiger partial charge in [0.05, 0.1) is 6.54 Å². The Hall–Kier alpha value is -1.10. The molecule has 0 radical (unpaired) electrons. The summed E-state index contributed by atoms with van der Waals surface area (Å²) in [6, 6.07) is -0.393. The predicted molar refractivity (Wildman–Crippen MR) is 64.0 cm³/mol. The lowest BCUT2D eigenvalue weighted by Gasteiger charge is -2.31. The smallest absolute Gasteiger partial charge is 0.242 e. The molecule has 5 nitrogen and oxygen atoms in total. The number of carbonyl (C=O) groups excluding carboxylic acids is 2. The molecule has 0 saturated carbocycles. The largest absolute Gasteiger partial charge is 0.357 e. The van der Waals surface area contributed by atoms with E-state index in [0.717, 1.165) is 6.42 Å². The van der Waals surface area contributed by atoms with Gasteiger partial charge in [-0.15, -0.1) is 0 Å². The average Bonchev–Trinajstić information content (AvgIpc) is 2.28. The van der Waals surface area contributed by atoms with Crippen molar-refractivity contribution in [3.63, 3.8) is 0 Å². The summed E-state index contributed by atoms with van der Waals surface area (Å²) in [5.41, 5.74) is 0. The number of amides is 2. The van der Waals surface area contributed by atoms with Crippen LogP contribution < -0.4 is 10.6 Å². The van der Waals surface area contributed by atoms with Crippen LogP contribution in [0.15, 0.2) is 0 Å². The zero-order valence-electron chi connectivity index (χ0n) is 10.8. The first-order valence-electron chi connectivity index (χ1n) is 5.61. The van der Waals surface area contributed by atoms with E-state index in [1.54, 1.807) is 21.1 Å². The molecule has 0 fully saturated rings. The van der Waals surface area contributed by atoms with Crippen LogP contribution in [-0.4, -0.2) is 50.4 Å². The number of nitrogens with one attached hydrogen (secondary N) is 2. The van der Waals surface area contributed by atoms with Gasteiger partial charge in [-0.1, -0.05) is 20.3 Å². The predicted octanol–water partition coefficient (Wildman–Crippen LogP) is -0.175. The van der Waals surface area contributed by atoms with Gasteiger partial charge in [-0.05, 0) is 13.0 Å². The monoisotopic (exact) mass is 229 g/mol. The minimum Gasteiger partial charge on any atom is -0.357 e. The lowest BCUT2D eigenvalue weighted by atomic mass is 9.97. The Morgan fingerprint density at radius 3 is 2.25 bits per heavy atom. The summed E-state index contributed by atoms with van der Waals surface area (Å²) in [7, 11) is 4.98. The van der Waals surface area contributed by atoms with Gasteiger partial charge in [0, 0.05) is 14.1 Å². The Bertz CT molecular complexity index is 243. The molecule has 0 aromatic carbocycles. The Morgan fingerprint density at radius 1 is 1.31 bits per heavy atom. The molecular weight excluding hydrogens is 206 g/mol. The van der Waals surface area contributed by atoms with Crippen LogP contribution in [0.3, 0.4) is 0 Å². The average molecular weight is 229 g/mol. The van der Waals surface area contributed by atoms with E-state index in [-0.39, 0.29) is 24.3 Å². The first kappa shape index (κ1) is 14.9. The first-order valence-corrected chi connectivity index (χ1v) is 5.61. The molecule has 0 aliphatic rings. The highest BCUT2D eigenvalue weighted by Crippen LogP contribution is 2.13. The maximum atomic E-state index is 11.7. The molecule has 1 unspecified atom stereocenters. The van der Waals surface area contributed by atoms with Crippen molar-refractivity contribution in [2.75, 3.05) is 27.7 Å². The molecule has 2 N–H and O–H groups in total. The van der Waals surface area contributed by atoms with E-state index in [2.05, 4.69) is 10.6 Å². The number of rotatable bonds is 6. The minimum absolute atomic E-state index is 0.0728. The van der Waals surface area contributed by atoms with Gasteiger partial charge in [0.15, 0.2) is 0 Å². The molecule has 0 aliphatic heterocycles. The van der Waals surface area contributed by atoms with Gasteiger partial charge in [-0.2, -0.15) is 0 Å². The Kier molecular flexibility index (Phi) is 6.72. The van der Waals surface area contributed by atoms with Crippen LogP contribution in [0.4, 0.5) is 0 Å². The summed E-state index contributed by atoms with van der Waals surface area (Å²) < 4.78 is 0. The number of likely N-dealkylation sites (N-methyl/N-ethyl adjacent to an activating group) is 3. The van der Waals surface area contributed by atoms with Crippen molar-refractivity contribution in [2.45, 2.75) is 26.3 Å². The zero-order chi connectivity index (χ0) is 12.7. The summed E-state index contributed by atoms with van der Waals surface area (Å²) in [5, 5.41) is 5.40. The third-order valence-corrected chi connectivity index (χ3v) is 2.84. The van der Waals surface area contributed by atoms with Crippen molar-refractivity contribution in [1.29, 1.82) is 0 Å². The van der Waals surface area contributed by atoms with Crippen LogP contribution in [0.25, 0.3) is 0 Å². The van der Waals surface area contributed by atoms with Crippen molar-refractivity contribution in [1.82, 2.24) is 15.5 Å². The highest BCUT2D eigenvalue weighted by Gasteiger charge is 2.29. The third kappa shape index (κ3) is 3.81. The number of hydrogen-bond acceptors (Lipinski definition) is 3. The molecular formula is C11H23N3O2. The van der Waals surface area contributed by atoms with Gasteiger partial charge < -0.3 is 15.5 Å². The molecule has 0 bridgehead atoms. The Balaban J connectivity index is 4.74. The molecule has 94 valence electrons. The Labute approximate surface area is 97.6 Å². The fourth-order valence-electron chi connectivity index (χ4n) is 1.62. The fourth-order valence-corrected chi connectivity index (χ4v) is 1.62. The lowest BCUT2D eigenvalue weighted by Crippen LogP contribution is -2.51. The summed E-state index contributed by atoms with van der Waals surface area (Å²) in [6.07, 6.45) is 0.856. The molecule has 2 atom stereocenters. The highest BCUT2D eigenvalue weighted by atomic mass is 16.2. The van der Waals surface area contributed by atoms with Crippen molar-refractivity contribution in [3.05, 3.63) is 0 Å². The quantitative estimate of drug-likeness (QED) is 0.664. The van der Waals surface area contributed by atoms with Crippen molar-refractivity contribution >= 4 is 11.8 Å². The van der Waals surface area contributed by atoms with Crippen LogP contribution in [0, 0.1) is 5.92 Å². The minimum atomic E-state index is -0.393. The lowest BCUT2D eigenvalue weighted by molar-refractivity contribution is -0.139. The number of carbonyl (C=O) groups is 2. The van der Waals surface area contributed by atoms with Crippen LogP contribution >= 0.6 is 0 Å². The topological polar surface area (TPSA) is 61.4 Å². The normalized spacial score (nSPS) is 14.1. The summed E-state index contributed by atoms with van der Waals surface area (Å²) in [4.78, 5) is 25.0. The van der Waals surface area contributed by atoms with E-state index in [1.165, 1.54) is 4.90 Å². The zero-order valence-corrected chi connectivity index (χ0v) is 10.8. The number of nitrogens with zero attached hydrogens (tertiary/aromatic N) is 1. The molecule has 0 heterocycles. The molecule has 2 amide bonds. The third-order valence-electron chi connectivity index (χ3n) is 2.84. The summed E-state index contributed by atoms with van der Waals surface area (Å²) >= 11 is 0. The molecule has 0 aliphatic carbocycles. The second kappa shape index (κ2) is 7.22. The van der Waals surface area contributed by atoms with E-state index in [9.17, 15) is 9.59 Å². The van der Waals surface area contributed by atoms with Gasteiger partial charge in [-0.25, -0.2) is 0 Å². The SMILES string of the molecule is CC[C@H](C)C(C(=O)NC)N(C)C(=O)CNC. The van der Waals surface area contributed by atoms with Crippen molar-refractivity contribution in [3.8, 4) is 0 Å². The Morgan fingerprint density at radius 2 is 1.88 bits per heavy atom. The van der Waals surface area contributed by atoms with Gasteiger partial charge in [0.25, 0.3) is 0 Å². The maximum Gasteiger partial charge on any atom is 0.242 e. The van der Waals surface area contributed by atoms with Gasteiger partial charge in [0.1, 0.15) is 6.04 Å². The molecule has 16 heavy (non-hydrogen) atoms. The van der Waals surface area contributed by atoms with E-state index in [1.807, 2.05) is 13.8 Å². The molecule has 0 aromatic heterocycles. The van der Waals surface area contributed by atoms with Crippen LogP contribution in [0.1, 0.15) is 20.3 Å². The fraction of sp³-hybridized carbons (Fsp3) is 0.818. The maximum absolute atomic E-state index is 11.7. The van der Waals surface area contributed by atoms with Crippen LogP contribution in [-0.2, 0) is 9.59 Å². The summed E-state index contributed by atoms with van der Waals surface area (Å²) in [6.45, 7) is 4.24. The van der Waals surface area contributed by atoms with Gasteiger partial charge in [0.2, 0.25) is 11.8 Å². The molecule has 0 saturated heterocycles. The van der Waals surface area contributed by atoms with Crippen LogP contribution in [0.5, 0.6) is 0 Å². The first-order chi connectivity index (χ1) is 7.49. The van der Waals surface area contributed by atoms with E-state index >= 15 is 0 Å².